The van der Waals surface area contributed by atoms with Crippen molar-refractivity contribution in [2.75, 3.05) is 5.32 Å². The van der Waals surface area contributed by atoms with Gasteiger partial charge in [0.1, 0.15) is 11.8 Å². The molecule has 0 atom stereocenters. The largest absolute Gasteiger partial charge is 0.435 e. The Morgan fingerprint density at radius 3 is 2.45 bits per heavy atom. The molecule has 0 bridgehead atoms. The molecular weight excluding hydrogens is 262 g/mol. The molecule has 0 unspecified atom stereocenters. The number of para-hydroxylation sites is 1. The maximum absolute atomic E-state index is 12.0. The molecule has 0 saturated heterocycles. The van der Waals surface area contributed by atoms with E-state index in [0.29, 0.717) is 12.1 Å². The molecule has 1 N–H and O–H groups in total. The molecule has 0 amide bonds. The van der Waals surface area contributed by atoms with Gasteiger partial charge < -0.3 is 10.1 Å². The summed E-state index contributed by atoms with van der Waals surface area (Å²) in [6, 6.07) is 15.6. The van der Waals surface area contributed by atoms with Crippen LogP contribution < -0.4 is 10.1 Å². The lowest BCUT2D eigenvalue weighted by Crippen LogP contribution is -2.03. The fourth-order valence-corrected chi connectivity index (χ4v) is 1.72. The van der Waals surface area contributed by atoms with Crippen molar-refractivity contribution in [3.63, 3.8) is 0 Å². The van der Waals surface area contributed by atoms with Gasteiger partial charge in [0, 0.05) is 6.54 Å². The summed E-state index contributed by atoms with van der Waals surface area (Å²) in [4.78, 5) is 0. The summed E-state index contributed by atoms with van der Waals surface area (Å²) in [6.07, 6.45) is 0. The van der Waals surface area contributed by atoms with Crippen LogP contribution in [0.25, 0.3) is 0 Å². The van der Waals surface area contributed by atoms with Crippen molar-refractivity contribution in [1.29, 1.82) is 5.26 Å². The predicted octanol–water partition coefficient (Wildman–Crippen LogP) is 3.77. The maximum atomic E-state index is 12.0. The molecule has 0 fully saturated rings. The average molecular weight is 274 g/mol. The van der Waals surface area contributed by atoms with Crippen LogP contribution in [0.2, 0.25) is 0 Å². The van der Waals surface area contributed by atoms with E-state index in [4.69, 9.17) is 5.26 Å². The molecular formula is C15H12F2N2O. The van der Waals surface area contributed by atoms with Gasteiger partial charge in [-0.25, -0.2) is 0 Å². The molecule has 0 spiro atoms. The molecule has 5 heteroatoms. The third-order valence-corrected chi connectivity index (χ3v) is 2.68. The van der Waals surface area contributed by atoms with Crippen molar-refractivity contribution >= 4 is 5.69 Å². The molecule has 20 heavy (non-hydrogen) atoms. The van der Waals surface area contributed by atoms with Crippen LogP contribution in [0, 0.1) is 11.3 Å². The summed E-state index contributed by atoms with van der Waals surface area (Å²) in [5.74, 6) is 0.126. The quantitative estimate of drug-likeness (QED) is 0.902. The summed E-state index contributed by atoms with van der Waals surface area (Å²) >= 11 is 0. The number of hydrogen-bond donors (Lipinski definition) is 1. The van der Waals surface area contributed by atoms with Crippen LogP contribution >= 0.6 is 0 Å². The second-order valence-corrected chi connectivity index (χ2v) is 4.03. The van der Waals surface area contributed by atoms with Crippen molar-refractivity contribution in [2.24, 2.45) is 0 Å². The summed E-state index contributed by atoms with van der Waals surface area (Å²) < 4.78 is 28.3. The second-order valence-electron chi connectivity index (χ2n) is 4.03. The zero-order valence-corrected chi connectivity index (χ0v) is 10.5. The minimum absolute atomic E-state index is 0.126. The predicted molar refractivity (Wildman–Crippen MR) is 71.6 cm³/mol. The van der Waals surface area contributed by atoms with Crippen molar-refractivity contribution in [3.05, 3.63) is 59.7 Å². The number of ether oxygens (including phenoxy) is 1. The van der Waals surface area contributed by atoms with Gasteiger partial charge >= 0.3 is 6.61 Å². The number of nitrogens with one attached hydrogen (secondary N) is 1. The zero-order chi connectivity index (χ0) is 14.4. The minimum Gasteiger partial charge on any atom is -0.435 e. The number of halogens is 2. The van der Waals surface area contributed by atoms with Crippen molar-refractivity contribution in [3.8, 4) is 11.8 Å². The van der Waals surface area contributed by atoms with Gasteiger partial charge in [0.2, 0.25) is 0 Å². The van der Waals surface area contributed by atoms with Crippen LogP contribution in [0.1, 0.15) is 11.1 Å². The minimum atomic E-state index is -2.82. The highest BCUT2D eigenvalue weighted by atomic mass is 19.3. The molecule has 0 radical (unpaired) electrons. The van der Waals surface area contributed by atoms with Crippen LogP contribution in [-0.4, -0.2) is 6.61 Å². The smallest absolute Gasteiger partial charge is 0.387 e. The van der Waals surface area contributed by atoms with E-state index in [1.165, 1.54) is 12.1 Å². The fraction of sp³-hybridized carbons (Fsp3) is 0.133. The van der Waals surface area contributed by atoms with Crippen molar-refractivity contribution in [2.45, 2.75) is 13.2 Å². The Morgan fingerprint density at radius 2 is 1.80 bits per heavy atom. The van der Waals surface area contributed by atoms with E-state index in [1.54, 1.807) is 24.3 Å². The van der Waals surface area contributed by atoms with Gasteiger partial charge in [0.05, 0.1) is 11.3 Å². The van der Waals surface area contributed by atoms with Gasteiger partial charge in [-0.1, -0.05) is 24.3 Å². The first kappa shape index (κ1) is 13.8. The number of nitriles is 1. The molecule has 0 aromatic heterocycles. The molecule has 102 valence electrons. The molecule has 0 aliphatic heterocycles. The van der Waals surface area contributed by atoms with E-state index >= 15 is 0 Å². The molecule has 0 aliphatic rings. The Balaban J connectivity index is 1.99. The molecule has 0 aliphatic carbocycles. The Labute approximate surface area is 115 Å². The van der Waals surface area contributed by atoms with Crippen LogP contribution in [0.3, 0.4) is 0 Å². The molecule has 3 nitrogen and oxygen atoms in total. The molecule has 2 rings (SSSR count). The topological polar surface area (TPSA) is 45.0 Å². The Hall–Kier alpha value is -2.61. The number of nitrogens with zero attached hydrogens (tertiary/aromatic N) is 1. The van der Waals surface area contributed by atoms with Crippen LogP contribution in [0.15, 0.2) is 48.5 Å². The summed E-state index contributed by atoms with van der Waals surface area (Å²) in [6.45, 7) is -2.32. The first-order valence-corrected chi connectivity index (χ1v) is 5.96. The number of rotatable bonds is 5. The van der Waals surface area contributed by atoms with E-state index in [-0.39, 0.29) is 5.75 Å². The average Bonchev–Trinajstić information content (AvgIpc) is 2.46. The van der Waals surface area contributed by atoms with E-state index in [0.717, 1.165) is 11.3 Å². The third kappa shape index (κ3) is 3.69. The van der Waals surface area contributed by atoms with Crippen molar-refractivity contribution in [1.82, 2.24) is 0 Å². The molecule has 0 saturated carbocycles. The summed E-state index contributed by atoms with van der Waals surface area (Å²) in [7, 11) is 0. The third-order valence-electron chi connectivity index (χ3n) is 2.68. The lowest BCUT2D eigenvalue weighted by atomic mass is 10.1. The Morgan fingerprint density at radius 1 is 1.10 bits per heavy atom. The van der Waals surface area contributed by atoms with Crippen LogP contribution in [0.5, 0.6) is 5.75 Å². The van der Waals surface area contributed by atoms with E-state index in [9.17, 15) is 8.78 Å². The molecule has 2 aromatic rings. The fourth-order valence-electron chi connectivity index (χ4n) is 1.72. The van der Waals surface area contributed by atoms with Gasteiger partial charge in [0.15, 0.2) is 0 Å². The highest BCUT2D eigenvalue weighted by molar-refractivity contribution is 5.57. The number of alkyl halides is 2. The SMILES string of the molecule is N#Cc1ccccc1NCc1ccc(OC(F)F)cc1. The highest BCUT2D eigenvalue weighted by Crippen LogP contribution is 2.17. The van der Waals surface area contributed by atoms with Crippen LogP contribution in [0.4, 0.5) is 14.5 Å². The number of benzene rings is 2. The van der Waals surface area contributed by atoms with E-state index < -0.39 is 6.61 Å². The second kappa shape index (κ2) is 6.53. The van der Waals surface area contributed by atoms with Gasteiger partial charge in [-0.05, 0) is 29.8 Å². The van der Waals surface area contributed by atoms with Crippen LogP contribution in [-0.2, 0) is 6.54 Å². The summed E-state index contributed by atoms with van der Waals surface area (Å²) in [5, 5.41) is 12.1. The standard InChI is InChI=1S/C15H12F2N2O/c16-15(17)20-13-7-5-11(6-8-13)10-19-14-4-2-1-3-12(14)9-18/h1-8,15,19H,10H2. The lowest BCUT2D eigenvalue weighted by molar-refractivity contribution is -0.0498. The molecule has 2 aromatic carbocycles. The Kier molecular flexibility index (Phi) is 4.51. The number of anilines is 1. The monoisotopic (exact) mass is 274 g/mol. The first-order chi connectivity index (χ1) is 9.69. The zero-order valence-electron chi connectivity index (χ0n) is 10.5. The molecule has 0 heterocycles. The number of hydrogen-bond acceptors (Lipinski definition) is 3. The van der Waals surface area contributed by atoms with Gasteiger partial charge in [-0.2, -0.15) is 14.0 Å². The van der Waals surface area contributed by atoms with E-state index in [1.807, 2.05) is 12.1 Å². The van der Waals surface area contributed by atoms with E-state index in [2.05, 4.69) is 16.1 Å². The normalized spacial score (nSPS) is 10.1. The summed E-state index contributed by atoms with van der Waals surface area (Å²) in [5.41, 5.74) is 2.20. The lowest BCUT2D eigenvalue weighted by Gasteiger charge is -2.09. The Bertz CT molecular complexity index is 606. The highest BCUT2D eigenvalue weighted by Gasteiger charge is 2.04. The van der Waals surface area contributed by atoms with Gasteiger partial charge in [0.25, 0.3) is 0 Å². The maximum Gasteiger partial charge on any atom is 0.387 e. The van der Waals surface area contributed by atoms with Crippen molar-refractivity contribution < 1.29 is 13.5 Å². The van der Waals surface area contributed by atoms with Gasteiger partial charge in [-0.3, -0.25) is 0 Å². The first-order valence-electron chi connectivity index (χ1n) is 5.96. The van der Waals surface area contributed by atoms with Gasteiger partial charge in [-0.15, -0.1) is 0 Å².